The second-order valence-electron chi connectivity index (χ2n) is 2.24. The number of carbonyl (C=O) groups excluding carboxylic acids is 1. The van der Waals surface area contributed by atoms with Crippen LogP contribution in [0.15, 0.2) is 5.38 Å². The number of carbonyl (C=O) groups is 2. The van der Waals surface area contributed by atoms with Gasteiger partial charge in [-0.2, -0.15) is 0 Å². The number of thiazole rings is 1. The summed E-state index contributed by atoms with van der Waals surface area (Å²) in [4.78, 5) is 25.0. The molecule has 1 aromatic heterocycles. The summed E-state index contributed by atoms with van der Waals surface area (Å²) >= 11 is 1.10. The van der Waals surface area contributed by atoms with E-state index in [1.165, 1.54) is 5.38 Å². The predicted molar refractivity (Wildman–Crippen MR) is 48.0 cm³/mol. The number of carboxylic acid groups (broad SMARTS) is 1. The first kappa shape index (κ1) is 9.66. The molecule has 70 valence electrons. The van der Waals surface area contributed by atoms with Crippen LogP contribution in [0.4, 0.5) is 5.13 Å². The average Bonchev–Trinajstić information content (AvgIpc) is 2.52. The lowest BCUT2D eigenvalue weighted by Gasteiger charge is -1.95. The van der Waals surface area contributed by atoms with Crippen LogP contribution in [-0.2, 0) is 4.79 Å². The molecule has 0 aliphatic carbocycles. The number of carboxylic acids is 1. The number of anilines is 1. The Balaban J connectivity index is 2.69. The van der Waals surface area contributed by atoms with Crippen molar-refractivity contribution in [3.05, 3.63) is 11.1 Å². The van der Waals surface area contributed by atoms with Gasteiger partial charge >= 0.3 is 5.97 Å². The number of aromatic nitrogens is 1. The van der Waals surface area contributed by atoms with Crippen molar-refractivity contribution in [3.63, 3.8) is 0 Å². The molecular weight excluding hydrogens is 192 g/mol. The van der Waals surface area contributed by atoms with Crippen molar-refractivity contribution in [3.8, 4) is 0 Å². The number of hydrogen-bond acceptors (Lipinski definition) is 4. The molecule has 1 heterocycles. The summed E-state index contributed by atoms with van der Waals surface area (Å²) < 4.78 is 0. The molecule has 0 spiro atoms. The van der Waals surface area contributed by atoms with Gasteiger partial charge in [0, 0.05) is 11.8 Å². The van der Waals surface area contributed by atoms with E-state index in [1.807, 2.05) is 0 Å². The molecule has 0 radical (unpaired) electrons. The Morgan fingerprint density at radius 2 is 2.38 bits per heavy atom. The predicted octanol–water partition coefficient (Wildman–Crippen LogP) is 1.19. The van der Waals surface area contributed by atoms with Gasteiger partial charge in [0.05, 0.1) is 0 Å². The van der Waals surface area contributed by atoms with Crippen LogP contribution in [0.2, 0.25) is 0 Å². The quantitative estimate of drug-likeness (QED) is 0.768. The molecule has 0 unspecified atom stereocenters. The number of hydrogen-bond donors (Lipinski definition) is 2. The van der Waals surface area contributed by atoms with Gasteiger partial charge in [-0.1, -0.05) is 6.92 Å². The Hall–Kier alpha value is -1.43. The highest BCUT2D eigenvalue weighted by Gasteiger charge is 2.09. The van der Waals surface area contributed by atoms with Gasteiger partial charge in [-0.25, -0.2) is 9.78 Å². The van der Waals surface area contributed by atoms with Crippen molar-refractivity contribution >= 4 is 28.3 Å². The first-order valence-corrected chi connectivity index (χ1v) is 4.50. The number of aromatic carboxylic acids is 1. The lowest BCUT2D eigenvalue weighted by Crippen LogP contribution is -2.09. The second-order valence-corrected chi connectivity index (χ2v) is 3.10. The van der Waals surface area contributed by atoms with Gasteiger partial charge < -0.3 is 10.4 Å². The standard InChI is InChI=1S/C7H8N2O3S/c1-2-5(10)9-7-8-4(3-13-7)6(11)12/h3H,2H2,1H3,(H,11,12)(H,8,9,10). The average molecular weight is 200 g/mol. The minimum atomic E-state index is -1.09. The molecule has 13 heavy (non-hydrogen) atoms. The van der Waals surface area contributed by atoms with Gasteiger partial charge in [-0.3, -0.25) is 4.79 Å². The van der Waals surface area contributed by atoms with Gasteiger partial charge in [-0.15, -0.1) is 11.3 Å². The highest BCUT2D eigenvalue weighted by molar-refractivity contribution is 7.14. The number of rotatable bonds is 3. The molecule has 0 aliphatic rings. The zero-order valence-electron chi connectivity index (χ0n) is 6.90. The van der Waals surface area contributed by atoms with Gasteiger partial charge in [0.15, 0.2) is 10.8 Å². The summed E-state index contributed by atoms with van der Waals surface area (Å²) in [5, 5.41) is 12.7. The van der Waals surface area contributed by atoms with E-state index in [-0.39, 0.29) is 11.6 Å². The van der Waals surface area contributed by atoms with Crippen molar-refractivity contribution < 1.29 is 14.7 Å². The molecule has 0 bridgehead atoms. The maximum absolute atomic E-state index is 10.9. The van der Waals surface area contributed by atoms with E-state index < -0.39 is 5.97 Å². The molecule has 1 aromatic rings. The Morgan fingerprint density at radius 1 is 1.69 bits per heavy atom. The largest absolute Gasteiger partial charge is 0.476 e. The maximum atomic E-state index is 10.9. The van der Waals surface area contributed by atoms with Gasteiger partial charge in [0.1, 0.15) is 0 Å². The Labute approximate surface area is 78.4 Å². The van der Waals surface area contributed by atoms with Gasteiger partial charge in [-0.05, 0) is 0 Å². The van der Waals surface area contributed by atoms with E-state index in [0.29, 0.717) is 11.6 Å². The van der Waals surface area contributed by atoms with Crippen molar-refractivity contribution in [1.29, 1.82) is 0 Å². The third kappa shape index (κ3) is 2.51. The van der Waals surface area contributed by atoms with Crippen LogP contribution in [0.1, 0.15) is 23.8 Å². The van der Waals surface area contributed by atoms with E-state index in [9.17, 15) is 9.59 Å². The Kier molecular flexibility index (Phi) is 2.97. The van der Waals surface area contributed by atoms with Crippen molar-refractivity contribution in [1.82, 2.24) is 4.98 Å². The summed E-state index contributed by atoms with van der Waals surface area (Å²) in [6, 6.07) is 0. The van der Waals surface area contributed by atoms with Crippen LogP contribution in [0.5, 0.6) is 0 Å². The van der Waals surface area contributed by atoms with Crippen LogP contribution < -0.4 is 5.32 Å². The fraction of sp³-hybridized carbons (Fsp3) is 0.286. The van der Waals surface area contributed by atoms with E-state index in [1.54, 1.807) is 6.92 Å². The van der Waals surface area contributed by atoms with Crippen molar-refractivity contribution in [2.24, 2.45) is 0 Å². The van der Waals surface area contributed by atoms with E-state index in [0.717, 1.165) is 11.3 Å². The number of amides is 1. The lowest BCUT2D eigenvalue weighted by molar-refractivity contribution is -0.115. The lowest BCUT2D eigenvalue weighted by atomic mass is 10.5. The molecule has 1 amide bonds. The summed E-state index contributed by atoms with van der Waals surface area (Å²) in [5.41, 5.74) is -0.0450. The van der Waals surface area contributed by atoms with Crippen molar-refractivity contribution in [2.75, 3.05) is 5.32 Å². The minimum Gasteiger partial charge on any atom is -0.476 e. The summed E-state index contributed by atoms with van der Waals surface area (Å²) in [6.07, 6.45) is 0.349. The molecule has 0 aliphatic heterocycles. The molecule has 0 fully saturated rings. The summed E-state index contributed by atoms with van der Waals surface area (Å²) in [5.74, 6) is -1.26. The fourth-order valence-corrected chi connectivity index (χ4v) is 1.34. The SMILES string of the molecule is CCC(=O)Nc1nc(C(=O)O)cs1. The molecule has 0 atom stereocenters. The van der Waals surface area contributed by atoms with E-state index in [2.05, 4.69) is 10.3 Å². The monoisotopic (exact) mass is 200 g/mol. The van der Waals surface area contributed by atoms with E-state index >= 15 is 0 Å². The molecular formula is C7H8N2O3S. The van der Waals surface area contributed by atoms with Gasteiger partial charge in [0.25, 0.3) is 0 Å². The number of nitrogens with one attached hydrogen (secondary N) is 1. The first-order chi connectivity index (χ1) is 6.13. The molecule has 6 heteroatoms. The third-order valence-electron chi connectivity index (χ3n) is 1.29. The van der Waals surface area contributed by atoms with Crippen LogP contribution in [0.3, 0.4) is 0 Å². The second kappa shape index (κ2) is 3.99. The smallest absolute Gasteiger partial charge is 0.355 e. The van der Waals surface area contributed by atoms with Crippen LogP contribution >= 0.6 is 11.3 Å². The third-order valence-corrected chi connectivity index (χ3v) is 2.05. The summed E-state index contributed by atoms with van der Waals surface area (Å²) in [7, 11) is 0. The molecule has 0 saturated heterocycles. The number of nitrogens with zero attached hydrogens (tertiary/aromatic N) is 1. The molecule has 2 N–H and O–H groups in total. The van der Waals surface area contributed by atoms with Crippen LogP contribution in [-0.4, -0.2) is 22.0 Å². The topological polar surface area (TPSA) is 79.3 Å². The van der Waals surface area contributed by atoms with E-state index in [4.69, 9.17) is 5.11 Å². The first-order valence-electron chi connectivity index (χ1n) is 3.62. The van der Waals surface area contributed by atoms with Crippen LogP contribution in [0, 0.1) is 0 Å². The molecule has 5 nitrogen and oxygen atoms in total. The zero-order valence-corrected chi connectivity index (χ0v) is 7.72. The van der Waals surface area contributed by atoms with Crippen LogP contribution in [0.25, 0.3) is 0 Å². The normalized spacial score (nSPS) is 9.62. The summed E-state index contributed by atoms with van der Waals surface area (Å²) in [6.45, 7) is 1.71. The van der Waals surface area contributed by atoms with Gasteiger partial charge in [0.2, 0.25) is 5.91 Å². The highest BCUT2D eigenvalue weighted by Crippen LogP contribution is 2.15. The highest BCUT2D eigenvalue weighted by atomic mass is 32.1. The van der Waals surface area contributed by atoms with Crippen molar-refractivity contribution in [2.45, 2.75) is 13.3 Å². The fourth-order valence-electron chi connectivity index (χ4n) is 0.637. The maximum Gasteiger partial charge on any atom is 0.355 e. The molecule has 0 saturated carbocycles. The molecule has 0 aromatic carbocycles. The Morgan fingerprint density at radius 3 is 2.85 bits per heavy atom. The molecule has 1 rings (SSSR count). The minimum absolute atomic E-state index is 0.0450. The Bertz CT molecular complexity index is 334. The zero-order chi connectivity index (χ0) is 9.84.